The van der Waals surface area contributed by atoms with Gasteiger partial charge in [0.1, 0.15) is 6.17 Å². The van der Waals surface area contributed by atoms with Gasteiger partial charge in [0, 0.05) is 25.8 Å². The highest BCUT2D eigenvalue weighted by Crippen LogP contribution is 2.16. The number of rotatable bonds is 16. The largest absolute Gasteiger partial charge is 0.329 e. The Balaban J connectivity index is 1.79. The molecule has 0 fully saturated rings. The molecule has 0 bridgehead atoms. The van der Waals surface area contributed by atoms with Crippen LogP contribution in [0, 0.1) is 0 Å². The Morgan fingerprint density at radius 2 is 1.52 bits per heavy atom. The van der Waals surface area contributed by atoms with E-state index in [0.717, 1.165) is 19.6 Å². The summed E-state index contributed by atoms with van der Waals surface area (Å²) in [5.41, 5.74) is 5.64. The van der Waals surface area contributed by atoms with Gasteiger partial charge in [0.05, 0.1) is 0 Å². The second-order valence-corrected chi connectivity index (χ2v) is 6.85. The van der Waals surface area contributed by atoms with Crippen LogP contribution in [0.25, 0.3) is 0 Å². The Labute approximate surface area is 144 Å². The van der Waals surface area contributed by atoms with Crippen LogP contribution in [0.2, 0.25) is 0 Å². The van der Waals surface area contributed by atoms with E-state index in [2.05, 4.69) is 22.7 Å². The first-order valence-corrected chi connectivity index (χ1v) is 9.95. The molecule has 0 amide bonds. The van der Waals surface area contributed by atoms with Crippen molar-refractivity contribution < 1.29 is 0 Å². The van der Waals surface area contributed by atoms with Crippen molar-refractivity contribution in [2.75, 3.05) is 19.6 Å². The molecule has 0 aromatic rings. The maximum absolute atomic E-state index is 5.64. The van der Waals surface area contributed by atoms with E-state index < -0.39 is 0 Å². The average molecular weight is 322 g/mol. The zero-order chi connectivity index (χ0) is 16.6. The molecule has 134 valence electrons. The number of allylic oxidation sites excluding steroid dienone is 1. The third kappa shape index (κ3) is 10.7. The van der Waals surface area contributed by atoms with Gasteiger partial charge >= 0.3 is 0 Å². The number of nitrogens with two attached hydrogens (primary N) is 1. The van der Waals surface area contributed by atoms with Crippen LogP contribution in [0.4, 0.5) is 0 Å². The van der Waals surface area contributed by atoms with Crippen molar-refractivity contribution in [3.8, 4) is 0 Å². The Morgan fingerprint density at radius 3 is 2.09 bits per heavy atom. The lowest BCUT2D eigenvalue weighted by Crippen LogP contribution is -2.34. The molecule has 0 spiro atoms. The van der Waals surface area contributed by atoms with Gasteiger partial charge in [0.2, 0.25) is 0 Å². The fourth-order valence-corrected chi connectivity index (χ4v) is 3.36. The third-order valence-electron chi connectivity index (χ3n) is 4.80. The molecule has 0 aromatic heterocycles. The van der Waals surface area contributed by atoms with Crippen LogP contribution >= 0.6 is 0 Å². The van der Waals surface area contributed by atoms with Crippen molar-refractivity contribution in [1.29, 1.82) is 0 Å². The number of hydrogen-bond acceptors (Lipinski definition) is 3. The standard InChI is InChI=1S/C20H39N3/c1-2-3-4-5-6-7-8-9-10-11-12-13-14-15-20-22-17-19-23(20)18-16-21/h2,17,20H,1,3-16,18-19,21H2. The zero-order valence-corrected chi connectivity index (χ0v) is 15.2. The molecule has 0 saturated heterocycles. The van der Waals surface area contributed by atoms with Crippen LogP contribution in [0.5, 0.6) is 0 Å². The SMILES string of the molecule is C=CCCCCCCCCCCCCCC1N=CCN1CCN. The first-order chi connectivity index (χ1) is 11.4. The van der Waals surface area contributed by atoms with Gasteiger partial charge in [-0.05, 0) is 25.7 Å². The summed E-state index contributed by atoms with van der Waals surface area (Å²) in [6.07, 6.45) is 22.2. The quantitative estimate of drug-likeness (QED) is 0.324. The zero-order valence-electron chi connectivity index (χ0n) is 15.2. The highest BCUT2D eigenvalue weighted by molar-refractivity contribution is 5.62. The van der Waals surface area contributed by atoms with E-state index in [-0.39, 0.29) is 0 Å². The normalized spacial score (nSPS) is 17.9. The number of nitrogens with zero attached hydrogens (tertiary/aromatic N) is 2. The molecule has 23 heavy (non-hydrogen) atoms. The lowest BCUT2D eigenvalue weighted by atomic mass is 10.0. The molecule has 0 aliphatic carbocycles. The van der Waals surface area contributed by atoms with Crippen molar-refractivity contribution in [3.63, 3.8) is 0 Å². The van der Waals surface area contributed by atoms with Crippen LogP contribution < -0.4 is 5.73 Å². The van der Waals surface area contributed by atoms with E-state index in [1.807, 2.05) is 6.08 Å². The summed E-state index contributed by atoms with van der Waals surface area (Å²) in [5.74, 6) is 0. The molecule has 1 aliphatic heterocycles. The van der Waals surface area contributed by atoms with Gasteiger partial charge in [0.15, 0.2) is 0 Å². The molecular weight excluding hydrogens is 282 g/mol. The van der Waals surface area contributed by atoms with E-state index in [9.17, 15) is 0 Å². The molecule has 2 N–H and O–H groups in total. The molecule has 1 rings (SSSR count). The van der Waals surface area contributed by atoms with E-state index in [0.29, 0.717) is 6.17 Å². The molecule has 1 aliphatic rings. The van der Waals surface area contributed by atoms with Crippen LogP contribution in [0.1, 0.15) is 83.5 Å². The van der Waals surface area contributed by atoms with E-state index in [4.69, 9.17) is 5.73 Å². The minimum atomic E-state index is 0.416. The number of aliphatic imine (C=N–C) groups is 1. The predicted molar refractivity (Wildman–Crippen MR) is 103 cm³/mol. The highest BCUT2D eigenvalue weighted by atomic mass is 15.3. The van der Waals surface area contributed by atoms with Crippen molar-refractivity contribution in [2.24, 2.45) is 10.7 Å². The Kier molecular flexibility index (Phi) is 13.2. The van der Waals surface area contributed by atoms with Crippen LogP contribution in [-0.4, -0.2) is 36.9 Å². The van der Waals surface area contributed by atoms with E-state index in [1.165, 1.54) is 83.5 Å². The van der Waals surface area contributed by atoms with Crippen molar-refractivity contribution in [3.05, 3.63) is 12.7 Å². The maximum Gasteiger partial charge on any atom is 0.102 e. The number of hydrogen-bond donors (Lipinski definition) is 1. The topological polar surface area (TPSA) is 41.6 Å². The first-order valence-electron chi connectivity index (χ1n) is 9.95. The lowest BCUT2D eigenvalue weighted by molar-refractivity contribution is 0.241. The van der Waals surface area contributed by atoms with Gasteiger partial charge in [0.25, 0.3) is 0 Å². The fourth-order valence-electron chi connectivity index (χ4n) is 3.36. The summed E-state index contributed by atoms with van der Waals surface area (Å²) in [4.78, 5) is 6.97. The van der Waals surface area contributed by atoms with Gasteiger partial charge in [-0.15, -0.1) is 6.58 Å². The van der Waals surface area contributed by atoms with Crippen molar-refractivity contribution in [1.82, 2.24) is 4.90 Å². The molecule has 0 saturated carbocycles. The number of unbranched alkanes of at least 4 members (excludes halogenated alkanes) is 11. The van der Waals surface area contributed by atoms with Crippen molar-refractivity contribution in [2.45, 2.75) is 89.6 Å². The lowest BCUT2D eigenvalue weighted by Gasteiger charge is -2.21. The molecule has 1 atom stereocenters. The average Bonchev–Trinajstić information content (AvgIpc) is 2.99. The summed E-state index contributed by atoms with van der Waals surface area (Å²) < 4.78 is 0. The fraction of sp³-hybridized carbons (Fsp3) is 0.850. The highest BCUT2D eigenvalue weighted by Gasteiger charge is 2.19. The predicted octanol–water partition coefficient (Wildman–Crippen LogP) is 4.91. The van der Waals surface area contributed by atoms with E-state index >= 15 is 0 Å². The summed E-state index contributed by atoms with van der Waals surface area (Å²) in [5, 5.41) is 0. The summed E-state index contributed by atoms with van der Waals surface area (Å²) in [7, 11) is 0. The second kappa shape index (κ2) is 14.9. The molecule has 3 heteroatoms. The molecule has 0 radical (unpaired) electrons. The van der Waals surface area contributed by atoms with Crippen LogP contribution in [0.15, 0.2) is 17.6 Å². The van der Waals surface area contributed by atoms with Crippen molar-refractivity contribution >= 4 is 6.21 Å². The van der Waals surface area contributed by atoms with Gasteiger partial charge in [-0.25, -0.2) is 0 Å². The Morgan fingerprint density at radius 1 is 0.957 bits per heavy atom. The van der Waals surface area contributed by atoms with Gasteiger partial charge in [-0.3, -0.25) is 9.89 Å². The Hall–Kier alpha value is -0.670. The van der Waals surface area contributed by atoms with E-state index in [1.54, 1.807) is 0 Å². The Bertz CT molecular complexity index is 301. The molecule has 3 nitrogen and oxygen atoms in total. The molecule has 1 heterocycles. The minimum Gasteiger partial charge on any atom is -0.329 e. The molecule has 0 aromatic carbocycles. The molecular formula is C20H39N3. The second-order valence-electron chi connectivity index (χ2n) is 6.85. The summed E-state index contributed by atoms with van der Waals surface area (Å²) in [6, 6.07) is 0. The minimum absolute atomic E-state index is 0.416. The first kappa shape index (κ1) is 20.4. The summed E-state index contributed by atoms with van der Waals surface area (Å²) >= 11 is 0. The monoisotopic (exact) mass is 321 g/mol. The van der Waals surface area contributed by atoms with Gasteiger partial charge in [-0.1, -0.05) is 63.9 Å². The smallest absolute Gasteiger partial charge is 0.102 e. The summed E-state index contributed by atoms with van der Waals surface area (Å²) in [6.45, 7) is 6.49. The van der Waals surface area contributed by atoms with Gasteiger partial charge in [-0.2, -0.15) is 0 Å². The van der Waals surface area contributed by atoms with Crippen LogP contribution in [-0.2, 0) is 0 Å². The maximum atomic E-state index is 5.64. The van der Waals surface area contributed by atoms with Crippen LogP contribution in [0.3, 0.4) is 0 Å². The third-order valence-corrected chi connectivity index (χ3v) is 4.80. The van der Waals surface area contributed by atoms with Gasteiger partial charge < -0.3 is 5.73 Å². The molecule has 1 unspecified atom stereocenters.